The van der Waals surface area contributed by atoms with Crippen LogP contribution in [-0.2, 0) is 23.1 Å². The van der Waals surface area contributed by atoms with Crippen LogP contribution in [-0.4, -0.2) is 33.3 Å². The van der Waals surface area contributed by atoms with Crippen molar-refractivity contribution >= 4 is 26.0 Å². The largest absolute Gasteiger partial charge is 0.252 e. The summed E-state index contributed by atoms with van der Waals surface area (Å²) in [5.74, 6) is 0.111. The second-order valence-corrected chi connectivity index (χ2v) is 11.4. The van der Waals surface area contributed by atoms with Gasteiger partial charge in [-0.3, -0.25) is 4.68 Å². The van der Waals surface area contributed by atoms with Crippen molar-refractivity contribution in [1.82, 2.24) is 19.3 Å². The van der Waals surface area contributed by atoms with Gasteiger partial charge < -0.3 is 0 Å². The third kappa shape index (κ3) is 5.44. The van der Waals surface area contributed by atoms with Gasteiger partial charge in [0, 0.05) is 22.8 Å². The molecule has 0 amide bonds. The lowest BCUT2D eigenvalue weighted by Crippen LogP contribution is -2.45. The Hall–Kier alpha value is -1.32. The van der Waals surface area contributed by atoms with Crippen LogP contribution >= 0.6 is 15.9 Å². The minimum Gasteiger partial charge on any atom is -0.252 e. The summed E-state index contributed by atoms with van der Waals surface area (Å²) in [6.45, 7) is 6.40. The van der Waals surface area contributed by atoms with Gasteiger partial charge in [0.25, 0.3) is 0 Å². The van der Waals surface area contributed by atoms with E-state index in [1.165, 1.54) is 42.5 Å². The quantitative estimate of drug-likeness (QED) is 0.590. The highest BCUT2D eigenvalue weighted by Gasteiger charge is 2.36. The van der Waals surface area contributed by atoms with Crippen LogP contribution in [0.3, 0.4) is 0 Å². The number of aromatic nitrogens is 3. The summed E-state index contributed by atoms with van der Waals surface area (Å²) in [6.07, 6.45) is 8.06. The molecule has 0 N–H and O–H groups in total. The van der Waals surface area contributed by atoms with E-state index in [9.17, 15) is 12.8 Å². The molecule has 3 rings (SSSR count). The number of benzene rings is 1. The zero-order chi connectivity index (χ0) is 21.2. The van der Waals surface area contributed by atoms with E-state index in [-0.39, 0.29) is 15.9 Å². The second-order valence-electron chi connectivity index (χ2n) is 8.69. The average molecular weight is 487 g/mol. The molecule has 1 aliphatic carbocycles. The summed E-state index contributed by atoms with van der Waals surface area (Å²) in [7, 11) is -3.88. The molecule has 0 unspecified atom stereocenters. The van der Waals surface area contributed by atoms with Crippen molar-refractivity contribution in [2.24, 2.45) is 5.92 Å². The molecule has 1 aromatic heterocycles. The van der Waals surface area contributed by atoms with Gasteiger partial charge in [-0.25, -0.2) is 12.8 Å². The molecule has 1 heterocycles. The van der Waals surface area contributed by atoms with E-state index in [0.29, 0.717) is 11.6 Å². The number of hydrogen-bond acceptors (Lipinski definition) is 4. The van der Waals surface area contributed by atoms with Gasteiger partial charge in [0.2, 0.25) is 10.0 Å². The predicted molar refractivity (Wildman–Crippen MR) is 113 cm³/mol. The Balaban J connectivity index is 1.83. The third-order valence-corrected chi connectivity index (χ3v) is 8.36. The van der Waals surface area contributed by atoms with E-state index >= 15 is 0 Å². The standard InChI is InChI=1S/C20H28BrFN4O2S/c1-20(2,3)26(29(27,28)19-10-9-16(22)11-18(19)21)14-17-13-25(24-23-17)12-15-7-5-4-6-8-15/h9-11,13,15H,4-8,12,14H2,1-3H3. The molecule has 2 aromatic rings. The lowest BCUT2D eigenvalue weighted by atomic mass is 9.89. The number of nitrogens with zero attached hydrogens (tertiary/aromatic N) is 4. The molecule has 0 saturated heterocycles. The van der Waals surface area contributed by atoms with Crippen LogP contribution in [0.1, 0.15) is 58.6 Å². The van der Waals surface area contributed by atoms with Crippen molar-refractivity contribution in [2.75, 3.05) is 0 Å². The van der Waals surface area contributed by atoms with Gasteiger partial charge in [-0.05, 0) is 73.7 Å². The summed E-state index contributed by atoms with van der Waals surface area (Å²) in [5, 5.41) is 8.43. The highest BCUT2D eigenvalue weighted by Crippen LogP contribution is 2.31. The summed E-state index contributed by atoms with van der Waals surface area (Å²) in [6, 6.07) is 3.60. The van der Waals surface area contributed by atoms with Crippen LogP contribution in [0, 0.1) is 11.7 Å². The molecule has 1 aromatic carbocycles. The number of halogens is 2. The van der Waals surface area contributed by atoms with Crippen molar-refractivity contribution in [1.29, 1.82) is 0 Å². The molecule has 0 bridgehead atoms. The van der Waals surface area contributed by atoms with Gasteiger partial charge in [0.05, 0.1) is 17.1 Å². The normalized spacial score (nSPS) is 16.5. The highest BCUT2D eigenvalue weighted by atomic mass is 79.9. The zero-order valence-corrected chi connectivity index (χ0v) is 19.5. The molecule has 0 aliphatic heterocycles. The van der Waals surface area contributed by atoms with Crippen LogP contribution in [0.2, 0.25) is 0 Å². The molecule has 29 heavy (non-hydrogen) atoms. The molecule has 160 valence electrons. The van der Waals surface area contributed by atoms with Gasteiger partial charge in [-0.2, -0.15) is 4.31 Å². The fourth-order valence-electron chi connectivity index (χ4n) is 3.77. The van der Waals surface area contributed by atoms with Crippen molar-refractivity contribution in [3.05, 3.63) is 40.4 Å². The fourth-order valence-corrected chi connectivity index (χ4v) is 6.54. The van der Waals surface area contributed by atoms with Gasteiger partial charge in [0.1, 0.15) is 5.82 Å². The maximum Gasteiger partial charge on any atom is 0.245 e. The molecule has 9 heteroatoms. The molecule has 0 spiro atoms. The van der Waals surface area contributed by atoms with Crippen LogP contribution in [0.15, 0.2) is 33.8 Å². The molecule has 6 nitrogen and oxygen atoms in total. The first-order chi connectivity index (χ1) is 13.6. The van der Waals surface area contributed by atoms with E-state index in [2.05, 4.69) is 26.2 Å². The number of sulfonamides is 1. The van der Waals surface area contributed by atoms with E-state index in [4.69, 9.17) is 0 Å². The molecule has 1 saturated carbocycles. The molecule has 0 radical (unpaired) electrons. The van der Waals surface area contributed by atoms with E-state index in [0.717, 1.165) is 18.7 Å². The molecular formula is C20H28BrFN4O2S. The van der Waals surface area contributed by atoms with Crippen LogP contribution < -0.4 is 0 Å². The van der Waals surface area contributed by atoms with Crippen LogP contribution in [0.5, 0.6) is 0 Å². The van der Waals surface area contributed by atoms with E-state index in [1.54, 1.807) is 0 Å². The predicted octanol–water partition coefficient (Wildman–Crippen LogP) is 4.75. The van der Waals surface area contributed by atoms with Crippen molar-refractivity contribution < 1.29 is 12.8 Å². The molecule has 1 aliphatic rings. The Kier molecular flexibility index (Phi) is 6.80. The van der Waals surface area contributed by atoms with Gasteiger partial charge in [-0.15, -0.1) is 5.10 Å². The minimum absolute atomic E-state index is 0.0309. The van der Waals surface area contributed by atoms with Gasteiger partial charge in [-0.1, -0.05) is 24.5 Å². The first-order valence-corrected chi connectivity index (χ1v) is 12.2. The maximum absolute atomic E-state index is 13.5. The van der Waals surface area contributed by atoms with Crippen LogP contribution in [0.4, 0.5) is 4.39 Å². The molecule has 1 fully saturated rings. The number of rotatable bonds is 6. The smallest absolute Gasteiger partial charge is 0.245 e. The van der Waals surface area contributed by atoms with Crippen molar-refractivity contribution in [3.8, 4) is 0 Å². The average Bonchev–Trinajstić information content (AvgIpc) is 3.06. The fraction of sp³-hybridized carbons (Fsp3) is 0.600. The zero-order valence-electron chi connectivity index (χ0n) is 17.1. The molecular weight excluding hydrogens is 459 g/mol. The Morgan fingerprint density at radius 1 is 1.24 bits per heavy atom. The SMILES string of the molecule is CC(C)(C)N(Cc1cn(CC2CCCCC2)nn1)S(=O)(=O)c1ccc(F)cc1Br. The van der Waals surface area contributed by atoms with Crippen molar-refractivity contribution in [2.45, 2.75) is 76.4 Å². The maximum atomic E-state index is 13.5. The summed E-state index contributed by atoms with van der Waals surface area (Å²) in [4.78, 5) is 0.0309. The first kappa shape index (κ1) is 22.4. The molecule has 0 atom stereocenters. The van der Waals surface area contributed by atoms with Crippen molar-refractivity contribution in [3.63, 3.8) is 0 Å². The Morgan fingerprint density at radius 2 is 1.93 bits per heavy atom. The van der Waals surface area contributed by atoms with Gasteiger partial charge in [0.15, 0.2) is 0 Å². The first-order valence-electron chi connectivity index (χ1n) is 9.94. The minimum atomic E-state index is -3.88. The lowest BCUT2D eigenvalue weighted by molar-refractivity contribution is 0.240. The second kappa shape index (κ2) is 8.81. The third-order valence-electron chi connectivity index (χ3n) is 5.27. The Bertz CT molecular complexity index is 950. The van der Waals surface area contributed by atoms with Crippen LogP contribution in [0.25, 0.3) is 0 Å². The summed E-state index contributed by atoms with van der Waals surface area (Å²) < 4.78 is 43.6. The topological polar surface area (TPSA) is 68.1 Å². The summed E-state index contributed by atoms with van der Waals surface area (Å²) in [5.41, 5.74) is -0.0997. The number of hydrogen-bond donors (Lipinski definition) is 0. The van der Waals surface area contributed by atoms with E-state index < -0.39 is 21.4 Å². The highest BCUT2D eigenvalue weighted by molar-refractivity contribution is 9.10. The monoisotopic (exact) mass is 486 g/mol. The van der Waals surface area contributed by atoms with E-state index in [1.807, 2.05) is 31.6 Å². The lowest BCUT2D eigenvalue weighted by Gasteiger charge is -2.34. The Morgan fingerprint density at radius 3 is 2.55 bits per heavy atom. The van der Waals surface area contributed by atoms with Gasteiger partial charge >= 0.3 is 0 Å². The Labute approximate surface area is 180 Å². The summed E-state index contributed by atoms with van der Waals surface area (Å²) >= 11 is 3.18.